The maximum absolute atomic E-state index is 11.5. The largest absolute Gasteiger partial charge is 0.457 e. The summed E-state index contributed by atoms with van der Waals surface area (Å²) in [6.45, 7) is 5.57. The second-order valence-corrected chi connectivity index (χ2v) is 6.17. The van der Waals surface area contributed by atoms with Gasteiger partial charge in [0.05, 0.1) is 5.56 Å². The SMILES string of the molecule is O=C1OCc2cc(N3CCN(Cc4ccccc4)CC3)ccc21. The topological polar surface area (TPSA) is 32.8 Å². The molecular weight excluding hydrogens is 288 g/mol. The number of ether oxygens (including phenoxy) is 1. The normalized spacial score (nSPS) is 17.9. The van der Waals surface area contributed by atoms with Gasteiger partial charge in [-0.2, -0.15) is 0 Å². The summed E-state index contributed by atoms with van der Waals surface area (Å²) in [5, 5.41) is 0. The molecule has 23 heavy (non-hydrogen) atoms. The summed E-state index contributed by atoms with van der Waals surface area (Å²) in [5.41, 5.74) is 4.30. The van der Waals surface area contributed by atoms with E-state index in [1.54, 1.807) is 0 Å². The van der Waals surface area contributed by atoms with Crippen LogP contribution >= 0.6 is 0 Å². The average Bonchev–Trinajstić information content (AvgIpc) is 2.97. The van der Waals surface area contributed by atoms with Gasteiger partial charge in [0.1, 0.15) is 6.61 Å². The van der Waals surface area contributed by atoms with Crippen LogP contribution in [-0.2, 0) is 17.9 Å². The minimum Gasteiger partial charge on any atom is -0.457 e. The highest BCUT2D eigenvalue weighted by molar-refractivity contribution is 5.93. The summed E-state index contributed by atoms with van der Waals surface area (Å²) in [7, 11) is 0. The van der Waals surface area contributed by atoms with Gasteiger partial charge in [0.15, 0.2) is 0 Å². The Balaban J connectivity index is 1.39. The number of esters is 1. The zero-order valence-electron chi connectivity index (χ0n) is 13.1. The number of nitrogens with zero attached hydrogens (tertiary/aromatic N) is 2. The molecule has 0 saturated carbocycles. The Morgan fingerprint density at radius 3 is 2.52 bits per heavy atom. The van der Waals surface area contributed by atoms with Crippen molar-refractivity contribution in [2.45, 2.75) is 13.2 Å². The highest BCUT2D eigenvalue weighted by Crippen LogP contribution is 2.26. The first-order valence-electron chi connectivity index (χ1n) is 8.11. The highest BCUT2D eigenvalue weighted by atomic mass is 16.5. The molecular formula is C19H20N2O2. The Morgan fingerprint density at radius 1 is 0.957 bits per heavy atom. The van der Waals surface area contributed by atoms with Gasteiger partial charge in [0.25, 0.3) is 0 Å². The maximum atomic E-state index is 11.5. The molecule has 0 N–H and O–H groups in total. The van der Waals surface area contributed by atoms with E-state index in [4.69, 9.17) is 4.74 Å². The van der Waals surface area contributed by atoms with E-state index in [-0.39, 0.29) is 5.97 Å². The van der Waals surface area contributed by atoms with Crippen LogP contribution in [0.15, 0.2) is 48.5 Å². The Kier molecular flexibility index (Phi) is 3.75. The fourth-order valence-corrected chi connectivity index (χ4v) is 3.32. The molecule has 0 unspecified atom stereocenters. The van der Waals surface area contributed by atoms with Gasteiger partial charge in [-0.05, 0) is 23.8 Å². The number of hydrogen-bond donors (Lipinski definition) is 0. The number of cyclic esters (lactones) is 1. The van der Waals surface area contributed by atoms with Gasteiger partial charge in [-0.1, -0.05) is 30.3 Å². The van der Waals surface area contributed by atoms with Crippen LogP contribution in [0.5, 0.6) is 0 Å². The van der Waals surface area contributed by atoms with Gasteiger partial charge in [0, 0.05) is 44.0 Å². The summed E-state index contributed by atoms with van der Waals surface area (Å²) in [6, 6.07) is 16.7. The average molecular weight is 308 g/mol. The van der Waals surface area contributed by atoms with Crippen LogP contribution in [0.25, 0.3) is 0 Å². The lowest BCUT2D eigenvalue weighted by atomic mass is 10.1. The fraction of sp³-hybridized carbons (Fsp3) is 0.316. The van der Waals surface area contributed by atoms with Crippen LogP contribution in [0.3, 0.4) is 0 Å². The van der Waals surface area contributed by atoms with Crippen molar-refractivity contribution in [3.63, 3.8) is 0 Å². The monoisotopic (exact) mass is 308 g/mol. The molecule has 2 heterocycles. The second kappa shape index (κ2) is 6.05. The van der Waals surface area contributed by atoms with E-state index < -0.39 is 0 Å². The second-order valence-electron chi connectivity index (χ2n) is 6.17. The van der Waals surface area contributed by atoms with Gasteiger partial charge in [-0.15, -0.1) is 0 Å². The Hall–Kier alpha value is -2.33. The van der Waals surface area contributed by atoms with Crippen molar-refractivity contribution in [2.75, 3.05) is 31.1 Å². The molecule has 1 fully saturated rings. The Labute approximate surface area is 136 Å². The molecule has 118 valence electrons. The first kappa shape index (κ1) is 14.3. The van der Waals surface area contributed by atoms with Gasteiger partial charge in [-0.25, -0.2) is 4.79 Å². The molecule has 0 aromatic heterocycles. The van der Waals surface area contributed by atoms with Gasteiger partial charge >= 0.3 is 5.97 Å². The summed E-state index contributed by atoms with van der Waals surface area (Å²) in [6.07, 6.45) is 0. The molecule has 1 saturated heterocycles. The molecule has 2 aromatic carbocycles. The predicted molar refractivity (Wildman–Crippen MR) is 89.5 cm³/mol. The van der Waals surface area contributed by atoms with Crippen molar-refractivity contribution >= 4 is 11.7 Å². The Morgan fingerprint density at radius 2 is 1.74 bits per heavy atom. The molecule has 4 nitrogen and oxygen atoms in total. The summed E-state index contributed by atoms with van der Waals surface area (Å²) in [5.74, 6) is -0.195. The highest BCUT2D eigenvalue weighted by Gasteiger charge is 2.23. The van der Waals surface area contributed by atoms with Crippen LogP contribution < -0.4 is 4.90 Å². The summed E-state index contributed by atoms with van der Waals surface area (Å²) in [4.78, 5) is 16.4. The van der Waals surface area contributed by atoms with Crippen LogP contribution in [0.4, 0.5) is 5.69 Å². The van der Waals surface area contributed by atoms with E-state index in [0.29, 0.717) is 6.61 Å². The maximum Gasteiger partial charge on any atom is 0.338 e. The number of piperazine rings is 1. The number of carbonyl (C=O) groups is 1. The minimum atomic E-state index is -0.195. The molecule has 0 atom stereocenters. The van der Waals surface area contributed by atoms with Crippen molar-refractivity contribution in [3.8, 4) is 0 Å². The summed E-state index contributed by atoms with van der Waals surface area (Å²) >= 11 is 0. The van der Waals surface area contributed by atoms with Gasteiger partial charge < -0.3 is 9.64 Å². The molecule has 0 aliphatic carbocycles. The molecule has 4 rings (SSSR count). The number of fused-ring (bicyclic) bond motifs is 1. The van der Waals surface area contributed by atoms with Crippen LogP contribution in [-0.4, -0.2) is 37.0 Å². The van der Waals surface area contributed by atoms with Gasteiger partial charge in [-0.3, -0.25) is 4.90 Å². The zero-order valence-corrected chi connectivity index (χ0v) is 13.1. The van der Waals surface area contributed by atoms with Gasteiger partial charge in [0.2, 0.25) is 0 Å². The lowest BCUT2D eigenvalue weighted by Crippen LogP contribution is -2.46. The molecule has 0 amide bonds. The van der Waals surface area contributed by atoms with E-state index in [1.807, 2.05) is 12.1 Å². The summed E-state index contributed by atoms with van der Waals surface area (Å²) < 4.78 is 5.08. The Bertz CT molecular complexity index is 707. The van der Waals surface area contributed by atoms with Crippen molar-refractivity contribution < 1.29 is 9.53 Å². The zero-order chi connectivity index (χ0) is 15.6. The molecule has 2 aliphatic heterocycles. The molecule has 4 heteroatoms. The van der Waals surface area contributed by atoms with E-state index in [0.717, 1.165) is 43.9 Å². The number of rotatable bonds is 3. The minimum absolute atomic E-state index is 0.195. The van der Waals surface area contributed by atoms with E-state index in [1.165, 1.54) is 11.3 Å². The molecule has 0 radical (unpaired) electrons. The third-order valence-electron chi connectivity index (χ3n) is 4.65. The first-order chi connectivity index (χ1) is 11.3. The quantitative estimate of drug-likeness (QED) is 0.816. The van der Waals surface area contributed by atoms with Crippen LogP contribution in [0.2, 0.25) is 0 Å². The number of anilines is 1. The van der Waals surface area contributed by atoms with E-state index in [9.17, 15) is 4.79 Å². The standard InChI is InChI=1S/C19H20N2O2/c22-19-18-7-6-17(12-16(18)14-23-19)21-10-8-20(9-11-21)13-15-4-2-1-3-5-15/h1-7,12H,8-11,13-14H2. The molecule has 2 aliphatic rings. The smallest absolute Gasteiger partial charge is 0.338 e. The third kappa shape index (κ3) is 2.94. The van der Waals surface area contributed by atoms with Crippen LogP contribution in [0, 0.1) is 0 Å². The van der Waals surface area contributed by atoms with Crippen LogP contribution in [0.1, 0.15) is 21.5 Å². The first-order valence-corrected chi connectivity index (χ1v) is 8.11. The van der Waals surface area contributed by atoms with Crippen molar-refractivity contribution in [1.82, 2.24) is 4.90 Å². The lowest BCUT2D eigenvalue weighted by Gasteiger charge is -2.36. The van der Waals surface area contributed by atoms with E-state index in [2.05, 4.69) is 46.2 Å². The number of carbonyl (C=O) groups excluding carboxylic acids is 1. The number of benzene rings is 2. The van der Waals surface area contributed by atoms with Crippen molar-refractivity contribution in [3.05, 3.63) is 65.2 Å². The molecule has 0 bridgehead atoms. The third-order valence-corrected chi connectivity index (χ3v) is 4.65. The van der Waals surface area contributed by atoms with E-state index >= 15 is 0 Å². The van der Waals surface area contributed by atoms with Crippen molar-refractivity contribution in [2.24, 2.45) is 0 Å². The molecule has 0 spiro atoms. The lowest BCUT2D eigenvalue weighted by molar-refractivity contribution is 0.0535. The fourth-order valence-electron chi connectivity index (χ4n) is 3.32. The van der Waals surface area contributed by atoms with Crippen molar-refractivity contribution in [1.29, 1.82) is 0 Å². The molecule has 2 aromatic rings. The predicted octanol–water partition coefficient (Wildman–Crippen LogP) is 2.68. The number of hydrogen-bond acceptors (Lipinski definition) is 4.